The Balaban J connectivity index is 4.33. The molecule has 0 atom stereocenters. The average Bonchev–Trinajstić information content (AvgIpc) is 1.95. The van der Waals surface area contributed by atoms with E-state index in [0.717, 1.165) is 0 Å². The number of allylic oxidation sites excluding steroid dienone is 2. The Morgan fingerprint density at radius 1 is 1.33 bits per heavy atom. The van der Waals surface area contributed by atoms with Gasteiger partial charge in [0.1, 0.15) is 0 Å². The second kappa shape index (κ2) is 6.01. The molecule has 0 saturated carbocycles. The van der Waals surface area contributed by atoms with Crippen LogP contribution in [0.25, 0.3) is 0 Å². The Kier molecular flexibility index (Phi) is 6.24. The van der Waals surface area contributed by atoms with Crippen LogP contribution in [0.15, 0.2) is 11.4 Å². The van der Waals surface area contributed by atoms with Crippen molar-refractivity contribution >= 4 is 30.8 Å². The molecule has 72 valence electrons. The van der Waals surface area contributed by atoms with Gasteiger partial charge in [0.05, 0.1) is 0 Å². The van der Waals surface area contributed by atoms with Crippen molar-refractivity contribution in [1.82, 2.24) is 0 Å². The van der Waals surface area contributed by atoms with Crippen LogP contribution in [0.5, 0.6) is 0 Å². The molecule has 0 saturated heterocycles. The first-order chi connectivity index (χ1) is 5.52. The van der Waals surface area contributed by atoms with Crippen LogP contribution in [-0.2, 0) is 4.57 Å². The standard InChI is InChI=1S/C6H11Cl2O3P/c7-4-1-2-6(3-5-8)12(9,10)11/h2H,1,3-5H2,(H2,9,10,11). The van der Waals surface area contributed by atoms with Gasteiger partial charge in [-0.15, -0.1) is 23.2 Å². The second-order valence-electron chi connectivity index (χ2n) is 2.16. The summed E-state index contributed by atoms with van der Waals surface area (Å²) in [7, 11) is -4.10. The van der Waals surface area contributed by atoms with Crippen molar-refractivity contribution < 1.29 is 14.4 Å². The Hall–Kier alpha value is 0.470. The lowest BCUT2D eigenvalue weighted by atomic mass is 10.3. The third-order valence-corrected chi connectivity index (χ3v) is 2.78. The van der Waals surface area contributed by atoms with Crippen LogP contribution in [0.3, 0.4) is 0 Å². The lowest BCUT2D eigenvalue weighted by Crippen LogP contribution is -1.88. The molecule has 0 aliphatic rings. The van der Waals surface area contributed by atoms with Crippen LogP contribution in [0, 0.1) is 0 Å². The van der Waals surface area contributed by atoms with Gasteiger partial charge in [0.2, 0.25) is 0 Å². The molecule has 0 bridgehead atoms. The van der Waals surface area contributed by atoms with Crippen molar-refractivity contribution in [2.24, 2.45) is 0 Å². The van der Waals surface area contributed by atoms with Crippen molar-refractivity contribution in [2.45, 2.75) is 12.8 Å². The number of alkyl halides is 2. The van der Waals surface area contributed by atoms with Crippen LogP contribution in [0.2, 0.25) is 0 Å². The van der Waals surface area contributed by atoms with Crippen molar-refractivity contribution in [3.8, 4) is 0 Å². The van der Waals surface area contributed by atoms with Crippen LogP contribution in [-0.4, -0.2) is 21.5 Å². The van der Waals surface area contributed by atoms with Gasteiger partial charge in [-0.3, -0.25) is 4.57 Å². The summed E-state index contributed by atoms with van der Waals surface area (Å²) in [5.41, 5.74) is 0. The van der Waals surface area contributed by atoms with Crippen molar-refractivity contribution in [3.05, 3.63) is 11.4 Å². The van der Waals surface area contributed by atoms with Crippen LogP contribution in [0.1, 0.15) is 12.8 Å². The molecule has 0 heterocycles. The fourth-order valence-corrected chi connectivity index (χ4v) is 1.90. The zero-order valence-corrected chi connectivity index (χ0v) is 8.82. The first-order valence-electron chi connectivity index (χ1n) is 3.39. The molecule has 3 nitrogen and oxygen atoms in total. The summed E-state index contributed by atoms with van der Waals surface area (Å²) >= 11 is 10.7. The van der Waals surface area contributed by atoms with Gasteiger partial charge in [-0.2, -0.15) is 0 Å². The quantitative estimate of drug-likeness (QED) is 0.565. The molecule has 0 aliphatic carbocycles. The number of hydrogen-bond donors (Lipinski definition) is 2. The predicted molar refractivity (Wildman–Crippen MR) is 50.8 cm³/mol. The van der Waals surface area contributed by atoms with E-state index < -0.39 is 7.60 Å². The Bertz CT molecular complexity index is 199. The highest BCUT2D eigenvalue weighted by atomic mass is 35.5. The minimum Gasteiger partial charge on any atom is -0.321 e. The van der Waals surface area contributed by atoms with E-state index in [-0.39, 0.29) is 17.6 Å². The molecule has 0 aliphatic heterocycles. The maximum absolute atomic E-state index is 10.8. The number of hydrogen-bond acceptors (Lipinski definition) is 1. The first-order valence-corrected chi connectivity index (χ1v) is 6.07. The smallest absolute Gasteiger partial charge is 0.321 e. The molecular weight excluding hydrogens is 222 g/mol. The monoisotopic (exact) mass is 232 g/mol. The van der Waals surface area contributed by atoms with Crippen LogP contribution in [0.4, 0.5) is 0 Å². The molecule has 0 radical (unpaired) electrons. The van der Waals surface area contributed by atoms with E-state index in [0.29, 0.717) is 12.3 Å². The summed E-state index contributed by atoms with van der Waals surface area (Å²) in [5.74, 6) is 0.561. The molecule has 6 heteroatoms. The highest BCUT2D eigenvalue weighted by Gasteiger charge is 2.19. The van der Waals surface area contributed by atoms with Gasteiger partial charge in [0, 0.05) is 17.1 Å². The second-order valence-corrected chi connectivity index (χ2v) is 4.57. The van der Waals surface area contributed by atoms with E-state index in [1.165, 1.54) is 6.08 Å². The molecule has 12 heavy (non-hydrogen) atoms. The Morgan fingerprint density at radius 3 is 2.25 bits per heavy atom. The van der Waals surface area contributed by atoms with Gasteiger partial charge in [0.25, 0.3) is 0 Å². The van der Waals surface area contributed by atoms with E-state index in [9.17, 15) is 4.57 Å². The molecule has 0 aromatic carbocycles. The van der Waals surface area contributed by atoms with Gasteiger partial charge >= 0.3 is 7.60 Å². The summed E-state index contributed by atoms with van der Waals surface area (Å²) in [6, 6.07) is 0. The van der Waals surface area contributed by atoms with Crippen molar-refractivity contribution in [3.63, 3.8) is 0 Å². The summed E-state index contributed by atoms with van der Waals surface area (Å²) in [5, 5.41) is 0.0816. The average molecular weight is 233 g/mol. The third-order valence-electron chi connectivity index (χ3n) is 1.21. The largest absolute Gasteiger partial charge is 0.351 e. The van der Waals surface area contributed by atoms with Crippen LogP contribution >= 0.6 is 30.8 Å². The summed E-state index contributed by atoms with van der Waals surface area (Å²) < 4.78 is 10.8. The zero-order chi connectivity index (χ0) is 9.61. The summed E-state index contributed by atoms with van der Waals surface area (Å²) in [6.45, 7) is 0. The van der Waals surface area contributed by atoms with Gasteiger partial charge in [-0.1, -0.05) is 6.08 Å². The molecule has 2 N–H and O–H groups in total. The van der Waals surface area contributed by atoms with E-state index in [4.69, 9.17) is 33.0 Å². The summed E-state index contributed by atoms with van der Waals surface area (Å²) in [4.78, 5) is 17.6. The van der Waals surface area contributed by atoms with E-state index >= 15 is 0 Å². The number of halogens is 2. The van der Waals surface area contributed by atoms with Crippen LogP contribution < -0.4 is 0 Å². The number of rotatable bonds is 5. The van der Waals surface area contributed by atoms with Gasteiger partial charge < -0.3 is 9.79 Å². The van der Waals surface area contributed by atoms with Crippen molar-refractivity contribution in [2.75, 3.05) is 11.8 Å². The minimum absolute atomic E-state index is 0.0816. The molecule has 0 fully saturated rings. The first kappa shape index (κ1) is 12.5. The molecule has 0 rings (SSSR count). The highest BCUT2D eigenvalue weighted by Crippen LogP contribution is 2.46. The Labute approximate surface area is 81.5 Å². The summed E-state index contributed by atoms with van der Waals surface area (Å²) in [6.07, 6.45) is 2.12. The molecule has 0 spiro atoms. The fourth-order valence-electron chi connectivity index (χ4n) is 0.685. The normalized spacial score (nSPS) is 13.5. The molecule has 0 amide bonds. The van der Waals surface area contributed by atoms with E-state index in [1.54, 1.807) is 0 Å². The molecule has 0 aromatic rings. The Morgan fingerprint density at radius 2 is 1.92 bits per heavy atom. The predicted octanol–water partition coefficient (Wildman–Crippen LogP) is 2.31. The topological polar surface area (TPSA) is 57.5 Å². The van der Waals surface area contributed by atoms with E-state index in [2.05, 4.69) is 0 Å². The van der Waals surface area contributed by atoms with Gasteiger partial charge in [-0.05, 0) is 12.8 Å². The maximum Gasteiger partial charge on any atom is 0.351 e. The molecule has 0 unspecified atom stereocenters. The SMILES string of the molecule is O=P(O)(O)C(=CCCCl)CCCl. The third kappa shape index (κ3) is 5.18. The minimum atomic E-state index is -4.10. The molecule has 0 aromatic heterocycles. The van der Waals surface area contributed by atoms with Gasteiger partial charge in [-0.25, -0.2) is 0 Å². The highest BCUT2D eigenvalue weighted by molar-refractivity contribution is 7.56. The lowest BCUT2D eigenvalue weighted by Gasteiger charge is -2.06. The van der Waals surface area contributed by atoms with Crippen molar-refractivity contribution in [1.29, 1.82) is 0 Å². The molecular formula is C6H11Cl2O3P. The fraction of sp³-hybridized carbons (Fsp3) is 0.667. The maximum atomic E-state index is 10.8. The lowest BCUT2D eigenvalue weighted by molar-refractivity contribution is 0.380. The van der Waals surface area contributed by atoms with E-state index in [1.807, 2.05) is 0 Å². The van der Waals surface area contributed by atoms with Gasteiger partial charge in [0.15, 0.2) is 0 Å². The zero-order valence-electron chi connectivity index (χ0n) is 6.41.